The number of alkyl halides is 3. The van der Waals surface area contributed by atoms with Gasteiger partial charge in [-0.25, -0.2) is 4.98 Å². The van der Waals surface area contributed by atoms with Gasteiger partial charge in [0.2, 0.25) is 11.8 Å². The van der Waals surface area contributed by atoms with Crippen molar-refractivity contribution in [1.82, 2.24) is 9.97 Å². The highest BCUT2D eigenvalue weighted by Gasteiger charge is 2.34. The zero-order chi connectivity index (χ0) is 15.4. The number of aromatic nitrogens is 2. The van der Waals surface area contributed by atoms with Gasteiger partial charge in [0, 0.05) is 12.6 Å². The van der Waals surface area contributed by atoms with Gasteiger partial charge < -0.3 is 10.1 Å². The number of hydrogen-bond acceptors (Lipinski definition) is 4. The molecule has 1 heterocycles. The summed E-state index contributed by atoms with van der Waals surface area (Å²) in [4.78, 5) is 7.44. The molecule has 0 aliphatic heterocycles. The maximum atomic E-state index is 12.8. The van der Waals surface area contributed by atoms with E-state index in [1.54, 1.807) is 13.8 Å². The Morgan fingerprint density at radius 2 is 1.85 bits per heavy atom. The summed E-state index contributed by atoms with van der Waals surface area (Å²) in [7, 11) is 0. The third-order valence-corrected chi connectivity index (χ3v) is 2.76. The number of anilines is 1. The quantitative estimate of drug-likeness (QED) is 0.864. The van der Waals surface area contributed by atoms with E-state index in [2.05, 4.69) is 15.3 Å². The fraction of sp³-hybridized carbons (Fsp3) is 0.692. The summed E-state index contributed by atoms with van der Waals surface area (Å²) in [5, 5.41) is 2.75. The van der Waals surface area contributed by atoms with E-state index in [1.165, 1.54) is 0 Å². The van der Waals surface area contributed by atoms with Crippen LogP contribution in [0.4, 0.5) is 19.1 Å². The van der Waals surface area contributed by atoms with Crippen LogP contribution in [0, 0.1) is 0 Å². The van der Waals surface area contributed by atoms with Crippen LogP contribution in [-0.2, 0) is 6.18 Å². The lowest BCUT2D eigenvalue weighted by Gasteiger charge is -2.24. The lowest BCUT2D eigenvalue weighted by atomic mass is 10.1. The molecule has 0 aromatic carbocycles. The van der Waals surface area contributed by atoms with E-state index in [0.29, 0.717) is 13.0 Å². The molecule has 1 aromatic heterocycles. The third kappa shape index (κ3) is 4.86. The van der Waals surface area contributed by atoms with Crippen molar-refractivity contribution in [3.8, 4) is 5.88 Å². The molecule has 0 saturated carbocycles. The lowest BCUT2D eigenvalue weighted by Crippen LogP contribution is -2.28. The van der Waals surface area contributed by atoms with Crippen LogP contribution in [0.2, 0.25) is 0 Å². The van der Waals surface area contributed by atoms with Crippen LogP contribution >= 0.6 is 0 Å². The third-order valence-electron chi connectivity index (χ3n) is 2.76. The van der Waals surface area contributed by atoms with Crippen molar-refractivity contribution in [2.24, 2.45) is 0 Å². The van der Waals surface area contributed by atoms with Gasteiger partial charge in [0.25, 0.3) is 0 Å². The van der Waals surface area contributed by atoms with Crippen molar-refractivity contribution in [2.75, 3.05) is 11.9 Å². The first-order chi connectivity index (χ1) is 9.18. The first kappa shape index (κ1) is 16.5. The van der Waals surface area contributed by atoms with Crippen LogP contribution in [0.5, 0.6) is 5.88 Å². The molecular weight excluding hydrogens is 271 g/mol. The lowest BCUT2D eigenvalue weighted by molar-refractivity contribution is -0.141. The zero-order valence-electron chi connectivity index (χ0n) is 12.1. The largest absolute Gasteiger partial charge is 0.472 e. The molecule has 0 radical (unpaired) electrons. The fourth-order valence-corrected chi connectivity index (χ4v) is 1.29. The first-order valence-electron chi connectivity index (χ1n) is 6.57. The van der Waals surface area contributed by atoms with Crippen LogP contribution < -0.4 is 10.1 Å². The number of nitrogens with one attached hydrogen (secondary N) is 1. The monoisotopic (exact) mass is 291 g/mol. The summed E-state index contributed by atoms with van der Waals surface area (Å²) < 4.78 is 43.9. The van der Waals surface area contributed by atoms with Crippen LogP contribution in [0.25, 0.3) is 0 Å². The van der Waals surface area contributed by atoms with Crippen molar-refractivity contribution in [3.05, 3.63) is 11.8 Å². The van der Waals surface area contributed by atoms with Gasteiger partial charge in [0.15, 0.2) is 5.69 Å². The van der Waals surface area contributed by atoms with E-state index in [4.69, 9.17) is 4.74 Å². The van der Waals surface area contributed by atoms with Crippen molar-refractivity contribution < 1.29 is 17.9 Å². The molecule has 1 aromatic rings. The summed E-state index contributed by atoms with van der Waals surface area (Å²) in [6.07, 6.45) is -3.12. The SMILES string of the molecule is CCCNc1nc(OC(C)(C)CC)cc(C(F)(F)F)n1. The molecule has 0 saturated heterocycles. The number of halogens is 3. The Morgan fingerprint density at radius 3 is 2.35 bits per heavy atom. The normalized spacial score (nSPS) is 12.3. The van der Waals surface area contributed by atoms with Crippen LogP contribution in [-0.4, -0.2) is 22.1 Å². The van der Waals surface area contributed by atoms with Gasteiger partial charge in [-0.2, -0.15) is 18.2 Å². The zero-order valence-corrected chi connectivity index (χ0v) is 12.1. The smallest absolute Gasteiger partial charge is 0.433 e. The molecule has 0 fully saturated rings. The molecule has 0 atom stereocenters. The van der Waals surface area contributed by atoms with Gasteiger partial charge in [0.05, 0.1) is 0 Å². The molecule has 20 heavy (non-hydrogen) atoms. The Hall–Kier alpha value is -1.53. The van der Waals surface area contributed by atoms with Crippen molar-refractivity contribution in [2.45, 2.75) is 52.3 Å². The minimum absolute atomic E-state index is 0.0661. The van der Waals surface area contributed by atoms with E-state index in [1.807, 2.05) is 13.8 Å². The first-order valence-corrected chi connectivity index (χ1v) is 6.57. The molecule has 114 valence electrons. The predicted molar refractivity (Wildman–Crippen MR) is 70.8 cm³/mol. The summed E-state index contributed by atoms with van der Waals surface area (Å²) >= 11 is 0. The van der Waals surface area contributed by atoms with Crippen molar-refractivity contribution in [3.63, 3.8) is 0 Å². The molecule has 7 heteroatoms. The van der Waals surface area contributed by atoms with E-state index in [9.17, 15) is 13.2 Å². The van der Waals surface area contributed by atoms with E-state index in [0.717, 1.165) is 12.5 Å². The molecule has 4 nitrogen and oxygen atoms in total. The second-order valence-corrected chi connectivity index (χ2v) is 5.05. The van der Waals surface area contributed by atoms with Crippen LogP contribution in [0.15, 0.2) is 6.07 Å². The second-order valence-electron chi connectivity index (χ2n) is 5.05. The molecule has 1 rings (SSSR count). The Labute approximate surface area is 116 Å². The Balaban J connectivity index is 3.10. The average molecular weight is 291 g/mol. The highest BCUT2D eigenvalue weighted by atomic mass is 19.4. The Bertz CT molecular complexity index is 447. The van der Waals surface area contributed by atoms with Gasteiger partial charge in [-0.1, -0.05) is 13.8 Å². The molecule has 1 N–H and O–H groups in total. The van der Waals surface area contributed by atoms with E-state index < -0.39 is 17.5 Å². The average Bonchev–Trinajstić information content (AvgIpc) is 2.34. The molecule has 0 amide bonds. The van der Waals surface area contributed by atoms with Crippen LogP contribution in [0.1, 0.15) is 46.2 Å². The number of hydrogen-bond donors (Lipinski definition) is 1. The summed E-state index contributed by atoms with van der Waals surface area (Å²) in [6, 6.07) is 0.828. The van der Waals surface area contributed by atoms with E-state index in [-0.39, 0.29) is 11.8 Å². The number of nitrogens with zero attached hydrogens (tertiary/aromatic N) is 2. The summed E-state index contributed by atoms with van der Waals surface area (Å²) in [5.74, 6) is -0.138. The maximum Gasteiger partial charge on any atom is 0.433 e. The van der Waals surface area contributed by atoms with E-state index >= 15 is 0 Å². The Morgan fingerprint density at radius 1 is 1.20 bits per heavy atom. The van der Waals surface area contributed by atoms with Gasteiger partial charge in [-0.15, -0.1) is 0 Å². The summed E-state index contributed by atoms with van der Waals surface area (Å²) in [6.45, 7) is 7.88. The molecular formula is C13H20F3N3O. The van der Waals surface area contributed by atoms with Gasteiger partial charge in [-0.3, -0.25) is 0 Å². The second kappa shape index (κ2) is 6.28. The van der Waals surface area contributed by atoms with Gasteiger partial charge in [-0.05, 0) is 26.7 Å². The minimum atomic E-state index is -4.53. The standard InChI is InChI=1S/C13H20F3N3O/c1-5-7-17-11-18-9(13(14,15)16)8-10(19-11)20-12(3,4)6-2/h8H,5-7H2,1-4H3,(H,17,18,19). The number of rotatable bonds is 6. The predicted octanol–water partition coefficient (Wildman–Crippen LogP) is 3.88. The summed E-state index contributed by atoms with van der Waals surface area (Å²) in [5.41, 5.74) is -1.59. The molecule has 0 spiro atoms. The molecule has 0 bridgehead atoms. The minimum Gasteiger partial charge on any atom is -0.472 e. The van der Waals surface area contributed by atoms with Gasteiger partial charge >= 0.3 is 6.18 Å². The molecule has 0 aliphatic carbocycles. The van der Waals surface area contributed by atoms with Crippen LogP contribution in [0.3, 0.4) is 0 Å². The number of ether oxygens (including phenoxy) is 1. The van der Waals surface area contributed by atoms with Crippen molar-refractivity contribution >= 4 is 5.95 Å². The highest BCUT2D eigenvalue weighted by Crippen LogP contribution is 2.31. The molecule has 0 unspecified atom stereocenters. The maximum absolute atomic E-state index is 12.8. The topological polar surface area (TPSA) is 47.0 Å². The highest BCUT2D eigenvalue weighted by molar-refractivity contribution is 5.32. The Kier molecular flexibility index (Phi) is 5.19. The molecule has 0 aliphatic rings. The fourth-order valence-electron chi connectivity index (χ4n) is 1.29. The van der Waals surface area contributed by atoms with Gasteiger partial charge in [0.1, 0.15) is 5.60 Å². The van der Waals surface area contributed by atoms with Crippen molar-refractivity contribution in [1.29, 1.82) is 0 Å².